The van der Waals surface area contributed by atoms with E-state index in [1.807, 2.05) is 0 Å². The number of aromatic nitrogens is 2. The van der Waals surface area contributed by atoms with E-state index in [9.17, 15) is 12.8 Å². The lowest BCUT2D eigenvalue weighted by Gasteiger charge is -2.09. The van der Waals surface area contributed by atoms with E-state index in [1.165, 1.54) is 12.1 Å². The van der Waals surface area contributed by atoms with Crippen LogP contribution in [0.4, 0.5) is 15.9 Å². The highest BCUT2D eigenvalue weighted by atomic mass is 35.5. The van der Waals surface area contributed by atoms with Gasteiger partial charge in [0.05, 0.1) is 0 Å². The molecule has 9 heteroatoms. The zero-order chi connectivity index (χ0) is 14.9. The molecule has 2 rings (SSSR count). The molecule has 0 fully saturated rings. The normalized spacial score (nSPS) is 11.3. The molecule has 0 spiro atoms. The number of sulfonamides is 1. The third kappa shape index (κ3) is 2.97. The summed E-state index contributed by atoms with van der Waals surface area (Å²) in [7, 11) is -4.15. The molecule has 20 heavy (non-hydrogen) atoms. The summed E-state index contributed by atoms with van der Waals surface area (Å²) in [4.78, 5) is -0.558. The van der Waals surface area contributed by atoms with Gasteiger partial charge in [-0.1, -0.05) is 11.6 Å². The van der Waals surface area contributed by atoms with Gasteiger partial charge < -0.3 is 5.73 Å². The van der Waals surface area contributed by atoms with Gasteiger partial charge in [-0.05, 0) is 36.8 Å². The highest BCUT2D eigenvalue weighted by Crippen LogP contribution is 2.23. The number of hydrogen-bond donors (Lipinski definition) is 2. The first-order chi connectivity index (χ1) is 9.29. The van der Waals surface area contributed by atoms with Crippen molar-refractivity contribution in [1.29, 1.82) is 0 Å². The van der Waals surface area contributed by atoms with Crippen LogP contribution in [0.25, 0.3) is 0 Å². The Morgan fingerprint density at radius 3 is 2.60 bits per heavy atom. The summed E-state index contributed by atoms with van der Waals surface area (Å²) >= 11 is 5.54. The quantitative estimate of drug-likeness (QED) is 0.843. The molecule has 106 valence electrons. The van der Waals surface area contributed by atoms with E-state index in [2.05, 4.69) is 14.9 Å². The largest absolute Gasteiger partial charge is 0.398 e. The molecular weight excluding hydrogens is 307 g/mol. The second kappa shape index (κ2) is 5.22. The molecule has 3 N–H and O–H groups in total. The number of nitrogens with one attached hydrogen (secondary N) is 1. The second-order valence-corrected chi connectivity index (χ2v) is 6.02. The van der Waals surface area contributed by atoms with Crippen molar-refractivity contribution in [2.45, 2.75) is 11.8 Å². The van der Waals surface area contributed by atoms with Gasteiger partial charge in [0.2, 0.25) is 0 Å². The Balaban J connectivity index is 2.40. The molecule has 0 atom stereocenters. The molecule has 0 bridgehead atoms. The number of nitrogens with two attached hydrogens (primary N) is 1. The highest BCUT2D eigenvalue weighted by molar-refractivity contribution is 7.92. The summed E-state index contributed by atoms with van der Waals surface area (Å²) in [6.07, 6.45) is 0. The summed E-state index contributed by atoms with van der Waals surface area (Å²) in [5.41, 5.74) is 6.22. The van der Waals surface area contributed by atoms with Crippen LogP contribution in [0.15, 0.2) is 29.2 Å². The van der Waals surface area contributed by atoms with Gasteiger partial charge >= 0.3 is 0 Å². The van der Waals surface area contributed by atoms with E-state index < -0.39 is 20.7 Å². The zero-order valence-corrected chi connectivity index (χ0v) is 11.8. The Bertz CT molecular complexity index is 750. The summed E-state index contributed by atoms with van der Waals surface area (Å²) in [5, 5.41) is 7.12. The number of rotatable bonds is 3. The van der Waals surface area contributed by atoms with Crippen LogP contribution in [-0.2, 0) is 10.0 Å². The molecule has 0 saturated heterocycles. The fourth-order valence-electron chi connectivity index (χ4n) is 1.44. The van der Waals surface area contributed by atoms with E-state index in [4.69, 9.17) is 17.3 Å². The minimum absolute atomic E-state index is 0.0760. The van der Waals surface area contributed by atoms with Gasteiger partial charge in [0.25, 0.3) is 10.0 Å². The van der Waals surface area contributed by atoms with E-state index in [-0.39, 0.29) is 16.7 Å². The van der Waals surface area contributed by atoms with Crippen molar-refractivity contribution in [2.24, 2.45) is 0 Å². The summed E-state index contributed by atoms with van der Waals surface area (Å²) < 4.78 is 40.0. The van der Waals surface area contributed by atoms with Crippen LogP contribution in [0.2, 0.25) is 5.15 Å². The number of nitrogens with zero attached hydrogens (tertiary/aromatic N) is 2. The van der Waals surface area contributed by atoms with Gasteiger partial charge in [0.15, 0.2) is 11.0 Å². The molecule has 1 aromatic carbocycles. The Labute approximate surface area is 119 Å². The summed E-state index contributed by atoms with van der Waals surface area (Å²) in [6, 6.07) is 4.77. The molecule has 0 aliphatic carbocycles. The Morgan fingerprint density at radius 2 is 2.00 bits per heavy atom. The van der Waals surface area contributed by atoms with Crippen molar-refractivity contribution in [3.05, 3.63) is 40.8 Å². The Hall–Kier alpha value is -1.93. The van der Waals surface area contributed by atoms with Gasteiger partial charge in [0, 0.05) is 5.69 Å². The summed E-state index contributed by atoms with van der Waals surface area (Å²) in [6.45, 7) is 1.58. The van der Waals surface area contributed by atoms with E-state index >= 15 is 0 Å². The van der Waals surface area contributed by atoms with Gasteiger partial charge in [-0.25, -0.2) is 12.8 Å². The maximum atomic E-state index is 13.8. The number of hydrogen-bond acceptors (Lipinski definition) is 5. The smallest absolute Gasteiger partial charge is 0.266 e. The van der Waals surface area contributed by atoms with Crippen molar-refractivity contribution < 1.29 is 12.8 Å². The molecule has 0 aliphatic heterocycles. The topological polar surface area (TPSA) is 98.0 Å². The van der Waals surface area contributed by atoms with Crippen LogP contribution in [0.3, 0.4) is 0 Å². The minimum Gasteiger partial charge on any atom is -0.398 e. The van der Waals surface area contributed by atoms with Crippen molar-refractivity contribution in [3.8, 4) is 0 Å². The van der Waals surface area contributed by atoms with Crippen LogP contribution >= 0.6 is 11.6 Å². The molecule has 1 heterocycles. The number of anilines is 2. The number of halogens is 2. The minimum atomic E-state index is -4.15. The van der Waals surface area contributed by atoms with E-state index in [0.717, 1.165) is 12.1 Å². The molecule has 0 saturated carbocycles. The first-order valence-corrected chi connectivity index (χ1v) is 7.23. The van der Waals surface area contributed by atoms with Crippen molar-refractivity contribution in [3.63, 3.8) is 0 Å². The molecule has 0 radical (unpaired) electrons. The van der Waals surface area contributed by atoms with E-state index in [0.29, 0.717) is 5.56 Å². The lowest BCUT2D eigenvalue weighted by Crippen LogP contribution is -2.16. The third-order valence-electron chi connectivity index (χ3n) is 2.48. The lowest BCUT2D eigenvalue weighted by molar-refractivity contribution is 0.570. The fraction of sp³-hybridized carbons (Fsp3) is 0.0909. The monoisotopic (exact) mass is 316 g/mol. The lowest BCUT2D eigenvalue weighted by atomic mass is 10.2. The van der Waals surface area contributed by atoms with Crippen molar-refractivity contribution in [2.75, 3.05) is 10.5 Å². The first-order valence-electron chi connectivity index (χ1n) is 5.37. The molecule has 2 aromatic rings. The van der Waals surface area contributed by atoms with Crippen LogP contribution in [0.5, 0.6) is 0 Å². The standard InChI is InChI=1S/C11H10ClFN4O2S/c1-6-4-7(13)9(5-8(6)14)20(18,19)17-11-3-2-10(12)15-16-11/h2-5H,14H2,1H3,(H,16,17). The maximum Gasteiger partial charge on any atom is 0.266 e. The average Bonchev–Trinajstić information content (AvgIpc) is 2.36. The fourth-order valence-corrected chi connectivity index (χ4v) is 2.63. The molecule has 0 aliphatic rings. The van der Waals surface area contributed by atoms with E-state index in [1.54, 1.807) is 6.92 Å². The Morgan fingerprint density at radius 1 is 1.30 bits per heavy atom. The van der Waals surface area contributed by atoms with Gasteiger partial charge in [-0.3, -0.25) is 4.72 Å². The van der Waals surface area contributed by atoms with Crippen LogP contribution in [0.1, 0.15) is 5.56 Å². The van der Waals surface area contributed by atoms with Crippen molar-refractivity contribution >= 4 is 33.1 Å². The molecule has 0 amide bonds. The SMILES string of the molecule is Cc1cc(F)c(S(=O)(=O)Nc2ccc(Cl)nn2)cc1N. The predicted molar refractivity (Wildman–Crippen MR) is 73.4 cm³/mol. The number of nitrogen functional groups attached to an aromatic ring is 1. The zero-order valence-electron chi connectivity index (χ0n) is 10.3. The Kier molecular flexibility index (Phi) is 3.78. The van der Waals surface area contributed by atoms with Crippen LogP contribution in [0, 0.1) is 12.7 Å². The van der Waals surface area contributed by atoms with Gasteiger partial charge in [0.1, 0.15) is 10.7 Å². The number of aryl methyl sites for hydroxylation is 1. The molecule has 6 nitrogen and oxygen atoms in total. The average molecular weight is 317 g/mol. The van der Waals surface area contributed by atoms with Gasteiger partial charge in [-0.15, -0.1) is 10.2 Å². The van der Waals surface area contributed by atoms with Crippen LogP contribution < -0.4 is 10.5 Å². The number of benzene rings is 1. The predicted octanol–water partition coefficient (Wildman–Crippen LogP) is 1.96. The molecule has 1 aromatic heterocycles. The van der Waals surface area contributed by atoms with Gasteiger partial charge in [-0.2, -0.15) is 0 Å². The molecule has 0 unspecified atom stereocenters. The van der Waals surface area contributed by atoms with Crippen molar-refractivity contribution in [1.82, 2.24) is 10.2 Å². The molecular formula is C11H10ClFN4O2S. The first kappa shape index (κ1) is 14.5. The maximum absolute atomic E-state index is 13.8. The summed E-state index contributed by atoms with van der Waals surface area (Å²) in [5.74, 6) is -0.973. The highest BCUT2D eigenvalue weighted by Gasteiger charge is 2.21. The van der Waals surface area contributed by atoms with Crippen LogP contribution in [-0.4, -0.2) is 18.6 Å². The second-order valence-electron chi connectivity index (χ2n) is 3.99. The third-order valence-corrected chi connectivity index (χ3v) is 4.05.